The molecule has 1 aliphatic rings. The Bertz CT molecular complexity index is 1130. The van der Waals surface area contributed by atoms with Crippen molar-refractivity contribution in [3.8, 4) is 5.75 Å². The summed E-state index contributed by atoms with van der Waals surface area (Å²) in [5, 5.41) is 0.894. The molecule has 2 aromatic heterocycles. The number of aromatic nitrogens is 1. The van der Waals surface area contributed by atoms with Crippen LogP contribution in [0.3, 0.4) is 0 Å². The molecular weight excluding hydrogens is 394 g/mol. The van der Waals surface area contributed by atoms with E-state index >= 15 is 0 Å². The van der Waals surface area contributed by atoms with Gasteiger partial charge in [-0.1, -0.05) is 12.2 Å². The second kappa shape index (κ2) is 8.34. The molecule has 0 unspecified atom stereocenters. The quantitative estimate of drug-likeness (QED) is 0.588. The number of rotatable bonds is 5. The SMILES string of the molecule is C=C(C)Cn1c(C(=O)N2CCN(C(=O)c3ccc(OC)cc3)[C@@H](C)C2)cc2ccoc21. The molecule has 0 spiro atoms. The lowest BCUT2D eigenvalue weighted by molar-refractivity contribution is 0.0409. The van der Waals surface area contributed by atoms with Crippen molar-refractivity contribution in [1.29, 1.82) is 0 Å². The Labute approximate surface area is 181 Å². The molecule has 1 aliphatic heterocycles. The maximum Gasteiger partial charge on any atom is 0.270 e. The van der Waals surface area contributed by atoms with Crippen molar-refractivity contribution in [2.75, 3.05) is 26.7 Å². The molecule has 2 amide bonds. The fourth-order valence-corrected chi connectivity index (χ4v) is 4.08. The number of fused-ring (bicyclic) bond motifs is 1. The molecule has 0 bridgehead atoms. The molecular formula is C24H27N3O4. The molecule has 1 atom stereocenters. The molecule has 0 N–H and O–H groups in total. The third-order valence-corrected chi connectivity index (χ3v) is 5.66. The van der Waals surface area contributed by atoms with Crippen LogP contribution in [0.25, 0.3) is 11.1 Å². The van der Waals surface area contributed by atoms with Crippen LogP contribution in [0.5, 0.6) is 5.75 Å². The van der Waals surface area contributed by atoms with Gasteiger partial charge in [0.05, 0.1) is 13.4 Å². The van der Waals surface area contributed by atoms with Crippen molar-refractivity contribution < 1.29 is 18.7 Å². The molecule has 4 rings (SSSR count). The highest BCUT2D eigenvalue weighted by Gasteiger charge is 2.32. The standard InChI is InChI=1S/C24H27N3O4/c1-16(2)14-27-21(13-19-9-12-31-24(19)27)23(29)25-10-11-26(17(3)15-25)22(28)18-5-7-20(30-4)8-6-18/h5-9,12-13,17H,1,10-11,14-15H2,2-4H3/t17-/m0/s1. The van der Waals surface area contributed by atoms with E-state index in [0.29, 0.717) is 48.9 Å². The maximum absolute atomic E-state index is 13.3. The first-order valence-corrected chi connectivity index (χ1v) is 10.3. The molecule has 1 aromatic carbocycles. The molecule has 7 nitrogen and oxygen atoms in total. The van der Waals surface area contributed by atoms with Gasteiger partial charge in [-0.3, -0.25) is 9.59 Å². The van der Waals surface area contributed by atoms with E-state index in [4.69, 9.17) is 9.15 Å². The largest absolute Gasteiger partial charge is 0.497 e. The van der Waals surface area contributed by atoms with Gasteiger partial charge in [-0.25, -0.2) is 0 Å². The predicted octanol–water partition coefficient (Wildman–Crippen LogP) is 3.81. The summed E-state index contributed by atoms with van der Waals surface area (Å²) in [5.41, 5.74) is 2.81. The molecule has 162 valence electrons. The Balaban J connectivity index is 1.50. The molecule has 3 heterocycles. The van der Waals surface area contributed by atoms with Crippen LogP contribution < -0.4 is 4.74 Å². The first-order valence-electron chi connectivity index (χ1n) is 10.3. The number of furan rings is 1. The van der Waals surface area contributed by atoms with Crippen molar-refractivity contribution in [2.45, 2.75) is 26.4 Å². The molecule has 3 aromatic rings. The van der Waals surface area contributed by atoms with E-state index in [-0.39, 0.29) is 17.9 Å². The van der Waals surface area contributed by atoms with E-state index in [9.17, 15) is 9.59 Å². The van der Waals surface area contributed by atoms with Crippen LogP contribution in [0, 0.1) is 0 Å². The monoisotopic (exact) mass is 421 g/mol. The van der Waals surface area contributed by atoms with Gasteiger partial charge in [0, 0.05) is 43.2 Å². The smallest absolute Gasteiger partial charge is 0.270 e. The highest BCUT2D eigenvalue weighted by molar-refractivity contribution is 5.98. The average Bonchev–Trinajstić information content (AvgIpc) is 3.35. The molecule has 0 aliphatic carbocycles. The third kappa shape index (κ3) is 3.95. The van der Waals surface area contributed by atoms with Gasteiger partial charge in [0.15, 0.2) is 0 Å². The van der Waals surface area contributed by atoms with E-state index in [1.807, 2.05) is 40.3 Å². The van der Waals surface area contributed by atoms with Gasteiger partial charge in [0.2, 0.25) is 5.71 Å². The molecule has 0 saturated carbocycles. The Kier molecular flexibility index (Phi) is 5.59. The lowest BCUT2D eigenvalue weighted by Gasteiger charge is -2.40. The lowest BCUT2D eigenvalue weighted by atomic mass is 10.1. The number of hydrogen-bond acceptors (Lipinski definition) is 4. The zero-order chi connectivity index (χ0) is 22.1. The van der Waals surface area contributed by atoms with Crippen LogP contribution >= 0.6 is 0 Å². The Hall–Kier alpha value is -3.48. The highest BCUT2D eigenvalue weighted by Crippen LogP contribution is 2.25. The summed E-state index contributed by atoms with van der Waals surface area (Å²) in [4.78, 5) is 30.0. The minimum atomic E-state index is -0.0974. The molecule has 31 heavy (non-hydrogen) atoms. The van der Waals surface area contributed by atoms with Gasteiger partial charge < -0.3 is 23.5 Å². The fraction of sp³-hybridized carbons (Fsp3) is 0.333. The summed E-state index contributed by atoms with van der Waals surface area (Å²) in [7, 11) is 1.60. The number of carbonyl (C=O) groups excluding carboxylic acids is 2. The first kappa shape index (κ1) is 20.8. The third-order valence-electron chi connectivity index (χ3n) is 5.66. The van der Waals surface area contributed by atoms with Gasteiger partial charge in [0.25, 0.3) is 11.8 Å². The number of carbonyl (C=O) groups is 2. The zero-order valence-corrected chi connectivity index (χ0v) is 18.1. The minimum absolute atomic E-state index is 0.0366. The van der Waals surface area contributed by atoms with Gasteiger partial charge in [0.1, 0.15) is 11.4 Å². The van der Waals surface area contributed by atoms with E-state index in [1.54, 1.807) is 37.6 Å². The van der Waals surface area contributed by atoms with Crippen LogP contribution in [-0.4, -0.2) is 59.0 Å². The summed E-state index contributed by atoms with van der Waals surface area (Å²) >= 11 is 0. The minimum Gasteiger partial charge on any atom is -0.497 e. The van der Waals surface area contributed by atoms with Crippen LogP contribution in [-0.2, 0) is 6.54 Å². The Morgan fingerprint density at radius 1 is 1.16 bits per heavy atom. The van der Waals surface area contributed by atoms with Crippen molar-refractivity contribution in [2.24, 2.45) is 0 Å². The van der Waals surface area contributed by atoms with E-state index in [0.717, 1.165) is 11.0 Å². The summed E-state index contributed by atoms with van der Waals surface area (Å²) in [6, 6.07) is 10.7. The summed E-state index contributed by atoms with van der Waals surface area (Å²) < 4.78 is 12.6. The van der Waals surface area contributed by atoms with E-state index < -0.39 is 0 Å². The number of amides is 2. The summed E-state index contributed by atoms with van der Waals surface area (Å²) in [6.45, 7) is 9.82. The van der Waals surface area contributed by atoms with Gasteiger partial charge >= 0.3 is 0 Å². The maximum atomic E-state index is 13.3. The van der Waals surface area contributed by atoms with Gasteiger partial charge in [-0.05, 0) is 50.2 Å². The van der Waals surface area contributed by atoms with Crippen LogP contribution in [0.4, 0.5) is 0 Å². The number of hydrogen-bond donors (Lipinski definition) is 0. The van der Waals surface area contributed by atoms with Gasteiger partial charge in [-0.2, -0.15) is 0 Å². The first-order chi connectivity index (χ1) is 14.9. The fourth-order valence-electron chi connectivity index (χ4n) is 4.08. The number of benzene rings is 1. The second-order valence-electron chi connectivity index (χ2n) is 8.08. The number of piperazine rings is 1. The number of methoxy groups -OCH3 is 1. The molecule has 1 saturated heterocycles. The van der Waals surface area contributed by atoms with Crippen molar-refractivity contribution in [3.63, 3.8) is 0 Å². The second-order valence-corrected chi connectivity index (χ2v) is 8.08. The number of allylic oxidation sites excluding steroid dienone is 1. The molecule has 0 radical (unpaired) electrons. The number of nitrogens with zero attached hydrogens (tertiary/aromatic N) is 3. The summed E-state index contributed by atoms with van der Waals surface area (Å²) in [5.74, 6) is 0.616. The van der Waals surface area contributed by atoms with Crippen LogP contribution in [0.15, 0.2) is 59.2 Å². The lowest BCUT2D eigenvalue weighted by Crippen LogP contribution is -2.55. The number of ether oxygens (including phenoxy) is 1. The predicted molar refractivity (Wildman–Crippen MR) is 118 cm³/mol. The van der Waals surface area contributed by atoms with Crippen LogP contribution in [0.1, 0.15) is 34.7 Å². The molecule has 1 fully saturated rings. The van der Waals surface area contributed by atoms with Gasteiger partial charge in [-0.15, -0.1) is 0 Å². The van der Waals surface area contributed by atoms with Crippen molar-refractivity contribution in [3.05, 3.63) is 66.1 Å². The zero-order valence-electron chi connectivity index (χ0n) is 18.1. The normalized spacial score (nSPS) is 16.5. The Morgan fingerprint density at radius 2 is 1.90 bits per heavy atom. The van der Waals surface area contributed by atoms with Crippen LogP contribution in [0.2, 0.25) is 0 Å². The Morgan fingerprint density at radius 3 is 2.55 bits per heavy atom. The van der Waals surface area contributed by atoms with E-state index in [1.165, 1.54) is 0 Å². The molecule has 7 heteroatoms. The topological polar surface area (TPSA) is 67.9 Å². The van der Waals surface area contributed by atoms with E-state index in [2.05, 4.69) is 6.58 Å². The average molecular weight is 421 g/mol. The van der Waals surface area contributed by atoms with Crippen molar-refractivity contribution >= 4 is 22.9 Å². The summed E-state index contributed by atoms with van der Waals surface area (Å²) in [6.07, 6.45) is 1.62. The van der Waals surface area contributed by atoms with Crippen molar-refractivity contribution in [1.82, 2.24) is 14.4 Å². The highest BCUT2D eigenvalue weighted by atomic mass is 16.5.